The van der Waals surface area contributed by atoms with Crippen LogP contribution in [0.3, 0.4) is 0 Å². The highest BCUT2D eigenvalue weighted by Crippen LogP contribution is 2.22. The number of ether oxygens (including phenoxy) is 1. The predicted octanol–water partition coefficient (Wildman–Crippen LogP) is 3.48. The first-order chi connectivity index (χ1) is 7.58. The molecule has 2 nitrogen and oxygen atoms in total. The minimum absolute atomic E-state index is 0.0970. The molecule has 0 aliphatic rings. The fourth-order valence-corrected chi connectivity index (χ4v) is 1.97. The molecule has 0 radical (unpaired) electrons. The Bertz CT molecular complexity index is 396. The molecule has 0 aromatic heterocycles. The number of esters is 1. The highest BCUT2D eigenvalue weighted by atomic mass is 79.9. The summed E-state index contributed by atoms with van der Waals surface area (Å²) in [6.45, 7) is 1.99. The molecule has 0 unspecified atom stereocenters. The Morgan fingerprint density at radius 1 is 1.50 bits per heavy atom. The maximum absolute atomic E-state index is 13.8. The van der Waals surface area contributed by atoms with E-state index < -0.39 is 11.8 Å². The molecule has 0 aliphatic carbocycles. The average Bonchev–Trinajstić information content (AvgIpc) is 2.23. The molecule has 0 atom stereocenters. The fourth-order valence-electron chi connectivity index (χ4n) is 1.30. The normalized spacial score (nSPS) is 10.2. The van der Waals surface area contributed by atoms with Gasteiger partial charge in [-0.2, -0.15) is 0 Å². The summed E-state index contributed by atoms with van der Waals surface area (Å²) in [5.41, 5.74) is 0.701. The zero-order chi connectivity index (χ0) is 12.1. The molecule has 0 fully saturated rings. The zero-order valence-corrected chi connectivity index (χ0v) is 11.1. The van der Waals surface area contributed by atoms with Crippen LogP contribution in [0.2, 0.25) is 5.02 Å². The monoisotopic (exact) mass is 308 g/mol. The third kappa shape index (κ3) is 3.46. The smallest absolute Gasteiger partial charge is 0.310 e. The Morgan fingerprint density at radius 2 is 2.12 bits per heavy atom. The van der Waals surface area contributed by atoms with Gasteiger partial charge in [-0.25, -0.2) is 4.39 Å². The van der Waals surface area contributed by atoms with Gasteiger partial charge >= 0.3 is 5.97 Å². The van der Waals surface area contributed by atoms with Crippen LogP contribution in [0.5, 0.6) is 0 Å². The molecule has 5 heteroatoms. The molecule has 1 aromatic carbocycles. The van der Waals surface area contributed by atoms with E-state index in [0.717, 1.165) is 0 Å². The summed E-state index contributed by atoms with van der Waals surface area (Å²) in [7, 11) is 0. The topological polar surface area (TPSA) is 26.3 Å². The van der Waals surface area contributed by atoms with Gasteiger partial charge in [-0.15, -0.1) is 0 Å². The van der Waals surface area contributed by atoms with E-state index in [1.54, 1.807) is 6.92 Å². The Labute approximate surface area is 107 Å². The molecule has 16 heavy (non-hydrogen) atoms. The number of carbonyl (C=O) groups excluding carboxylic acids is 1. The molecule has 0 heterocycles. The summed E-state index contributed by atoms with van der Waals surface area (Å²) < 4.78 is 18.5. The highest BCUT2D eigenvalue weighted by Gasteiger charge is 2.13. The van der Waals surface area contributed by atoms with E-state index in [2.05, 4.69) is 15.9 Å². The maximum Gasteiger partial charge on any atom is 0.310 e. The molecule has 0 aliphatic heterocycles. The van der Waals surface area contributed by atoms with Gasteiger partial charge < -0.3 is 4.74 Å². The van der Waals surface area contributed by atoms with Crippen molar-refractivity contribution in [1.82, 2.24) is 0 Å². The number of carbonyl (C=O) groups is 1. The molecule has 0 spiro atoms. The molecule has 0 N–H and O–H groups in total. The Kier molecular flexibility index (Phi) is 5.22. The molecule has 88 valence electrons. The van der Waals surface area contributed by atoms with E-state index in [0.29, 0.717) is 15.9 Å². The van der Waals surface area contributed by atoms with E-state index >= 15 is 0 Å². The lowest BCUT2D eigenvalue weighted by Gasteiger charge is -2.07. The number of rotatable bonds is 4. The van der Waals surface area contributed by atoms with Crippen molar-refractivity contribution < 1.29 is 13.9 Å². The third-order valence-electron chi connectivity index (χ3n) is 1.97. The Morgan fingerprint density at radius 3 is 2.69 bits per heavy atom. The summed E-state index contributed by atoms with van der Waals surface area (Å²) >= 11 is 8.98. The van der Waals surface area contributed by atoms with E-state index in [1.165, 1.54) is 12.1 Å². The van der Waals surface area contributed by atoms with Crippen LogP contribution < -0.4 is 0 Å². The standard InChI is InChI=1S/C11H11BrClFO2/c1-2-16-10(15)5-7-3-9(13)4-8(6-12)11(7)14/h3-4H,2,5-6H2,1H3. The van der Waals surface area contributed by atoms with Gasteiger partial charge in [-0.3, -0.25) is 4.79 Å². The van der Waals surface area contributed by atoms with E-state index in [9.17, 15) is 9.18 Å². The van der Waals surface area contributed by atoms with Crippen LogP contribution in [0.25, 0.3) is 0 Å². The first kappa shape index (κ1) is 13.5. The molecule has 1 rings (SSSR count). The van der Waals surface area contributed by atoms with Crippen molar-refractivity contribution in [3.05, 3.63) is 34.1 Å². The van der Waals surface area contributed by atoms with E-state index in [-0.39, 0.29) is 18.6 Å². The number of benzene rings is 1. The van der Waals surface area contributed by atoms with Gasteiger partial charge in [0.15, 0.2) is 0 Å². The van der Waals surface area contributed by atoms with Crippen molar-refractivity contribution >= 4 is 33.5 Å². The van der Waals surface area contributed by atoms with Crippen molar-refractivity contribution in [3.63, 3.8) is 0 Å². The average molecular weight is 310 g/mol. The number of alkyl halides is 1. The lowest BCUT2D eigenvalue weighted by Crippen LogP contribution is -2.09. The van der Waals surface area contributed by atoms with Crippen LogP contribution in [0.1, 0.15) is 18.1 Å². The molecular weight excluding hydrogens is 298 g/mol. The van der Waals surface area contributed by atoms with Gasteiger partial charge in [-0.05, 0) is 19.1 Å². The lowest BCUT2D eigenvalue weighted by molar-refractivity contribution is -0.142. The largest absolute Gasteiger partial charge is 0.466 e. The van der Waals surface area contributed by atoms with Crippen LogP contribution in [0.4, 0.5) is 4.39 Å². The minimum Gasteiger partial charge on any atom is -0.466 e. The second-order valence-electron chi connectivity index (χ2n) is 3.15. The number of hydrogen-bond donors (Lipinski definition) is 0. The van der Waals surface area contributed by atoms with Crippen LogP contribution >= 0.6 is 27.5 Å². The Hall–Kier alpha value is -0.610. The summed E-state index contributed by atoms with van der Waals surface area (Å²) in [4.78, 5) is 11.2. The van der Waals surface area contributed by atoms with Gasteiger partial charge in [-0.1, -0.05) is 27.5 Å². The first-order valence-corrected chi connectivity index (χ1v) is 6.26. The molecule has 0 saturated heterocycles. The van der Waals surface area contributed by atoms with Gasteiger partial charge in [0.2, 0.25) is 0 Å². The quantitative estimate of drug-likeness (QED) is 0.629. The van der Waals surface area contributed by atoms with Crippen molar-refractivity contribution in [2.75, 3.05) is 6.61 Å². The summed E-state index contributed by atoms with van der Waals surface area (Å²) in [5, 5.41) is 0.769. The molecule has 0 saturated carbocycles. The molecule has 1 aromatic rings. The first-order valence-electron chi connectivity index (χ1n) is 4.76. The Balaban J connectivity index is 2.95. The molecular formula is C11H11BrClFO2. The number of halogens is 3. The lowest BCUT2D eigenvalue weighted by atomic mass is 10.1. The third-order valence-corrected chi connectivity index (χ3v) is 2.79. The van der Waals surface area contributed by atoms with Crippen LogP contribution in [-0.4, -0.2) is 12.6 Å². The van der Waals surface area contributed by atoms with Crippen molar-refractivity contribution in [3.8, 4) is 0 Å². The van der Waals surface area contributed by atoms with Gasteiger partial charge in [0.25, 0.3) is 0 Å². The molecule has 0 bridgehead atoms. The zero-order valence-electron chi connectivity index (χ0n) is 8.73. The molecule has 0 amide bonds. The fraction of sp³-hybridized carbons (Fsp3) is 0.364. The summed E-state index contributed by atoms with van der Waals surface area (Å²) in [6.07, 6.45) is -0.0970. The summed E-state index contributed by atoms with van der Waals surface area (Å²) in [6, 6.07) is 2.97. The van der Waals surface area contributed by atoms with Crippen molar-refractivity contribution in [2.24, 2.45) is 0 Å². The minimum atomic E-state index is -0.454. The van der Waals surface area contributed by atoms with Crippen molar-refractivity contribution in [2.45, 2.75) is 18.7 Å². The van der Waals surface area contributed by atoms with Crippen molar-refractivity contribution in [1.29, 1.82) is 0 Å². The van der Waals surface area contributed by atoms with E-state index in [4.69, 9.17) is 16.3 Å². The SMILES string of the molecule is CCOC(=O)Cc1cc(Cl)cc(CBr)c1F. The van der Waals surface area contributed by atoms with Gasteiger partial charge in [0.1, 0.15) is 5.82 Å². The van der Waals surface area contributed by atoms with E-state index in [1.807, 2.05) is 0 Å². The van der Waals surface area contributed by atoms with Crippen LogP contribution in [0, 0.1) is 5.82 Å². The second-order valence-corrected chi connectivity index (χ2v) is 4.15. The maximum atomic E-state index is 13.8. The van der Waals surface area contributed by atoms with Gasteiger partial charge in [0, 0.05) is 21.5 Å². The van der Waals surface area contributed by atoms with Crippen LogP contribution in [0.15, 0.2) is 12.1 Å². The number of hydrogen-bond acceptors (Lipinski definition) is 2. The highest BCUT2D eigenvalue weighted by molar-refractivity contribution is 9.08. The predicted molar refractivity (Wildman–Crippen MR) is 64.4 cm³/mol. The summed E-state index contributed by atoms with van der Waals surface area (Å²) in [5.74, 6) is -0.862. The second kappa shape index (κ2) is 6.21. The van der Waals surface area contributed by atoms with Gasteiger partial charge in [0.05, 0.1) is 13.0 Å². The van der Waals surface area contributed by atoms with Crippen LogP contribution in [-0.2, 0) is 21.3 Å².